The Balaban J connectivity index is 1.09. The van der Waals surface area contributed by atoms with E-state index in [1.165, 1.54) is 57.8 Å². The lowest BCUT2D eigenvalue weighted by Gasteiger charge is -2.35. The first-order chi connectivity index (χ1) is 21.6. The van der Waals surface area contributed by atoms with Crippen LogP contribution in [0.25, 0.3) is 0 Å². The third-order valence-corrected chi connectivity index (χ3v) is 11.7. The molecule has 2 heterocycles. The van der Waals surface area contributed by atoms with Gasteiger partial charge in [0.1, 0.15) is 11.6 Å². The maximum atomic E-state index is 13.0. The minimum Gasteiger partial charge on any atom is -0.339 e. The zero-order chi connectivity index (χ0) is 32.3. The monoisotopic (exact) mass is 622 g/mol. The SMILES string of the molecule is C=C(C)C(=O)N1CCC(CCC(=O)CC2CCCC(CC3CCCC(CC(=O)CCC4CCN(C(=O)C(=C)C)CC4)C3)C2)CC1. The van der Waals surface area contributed by atoms with Crippen molar-refractivity contribution in [3.8, 4) is 0 Å². The predicted molar refractivity (Wildman–Crippen MR) is 181 cm³/mol. The molecule has 4 atom stereocenters. The quantitative estimate of drug-likeness (QED) is 0.184. The molecule has 0 aromatic rings. The lowest BCUT2D eigenvalue weighted by molar-refractivity contribution is -0.129. The summed E-state index contributed by atoms with van der Waals surface area (Å²) in [6.07, 6.45) is 20.1. The number of amides is 2. The second-order valence-electron chi connectivity index (χ2n) is 15.6. The van der Waals surface area contributed by atoms with Crippen LogP contribution in [0.4, 0.5) is 0 Å². The maximum Gasteiger partial charge on any atom is 0.248 e. The minimum atomic E-state index is 0.0755. The number of carbonyl (C=O) groups is 4. The van der Waals surface area contributed by atoms with Crippen molar-refractivity contribution in [2.24, 2.45) is 35.5 Å². The van der Waals surface area contributed by atoms with Crippen LogP contribution >= 0.6 is 0 Å². The molecule has 2 aliphatic heterocycles. The molecule has 0 aromatic carbocycles. The summed E-state index contributed by atoms with van der Waals surface area (Å²) < 4.78 is 0. The van der Waals surface area contributed by atoms with E-state index < -0.39 is 0 Å². The topological polar surface area (TPSA) is 74.8 Å². The molecule has 4 rings (SSSR count). The Morgan fingerprint density at radius 1 is 0.533 bits per heavy atom. The van der Waals surface area contributed by atoms with Gasteiger partial charge in [0.2, 0.25) is 11.8 Å². The second kappa shape index (κ2) is 17.6. The largest absolute Gasteiger partial charge is 0.339 e. The average molecular weight is 623 g/mol. The molecule has 0 aromatic heterocycles. The van der Waals surface area contributed by atoms with E-state index >= 15 is 0 Å². The van der Waals surface area contributed by atoms with Gasteiger partial charge in [-0.1, -0.05) is 51.7 Å². The number of piperidine rings is 2. The molecule has 252 valence electrons. The summed E-state index contributed by atoms with van der Waals surface area (Å²) in [5.74, 6) is 4.76. The predicted octanol–water partition coefficient (Wildman–Crippen LogP) is 8.10. The molecule has 2 saturated carbocycles. The van der Waals surface area contributed by atoms with Crippen LogP contribution in [0, 0.1) is 35.5 Å². The van der Waals surface area contributed by atoms with E-state index in [-0.39, 0.29) is 11.8 Å². The number of nitrogens with zero attached hydrogens (tertiary/aromatic N) is 2. The standard InChI is InChI=1S/C39H62N2O4/c1-28(2)38(44)40-19-15-30(16-20-40)11-13-36(42)26-34-9-5-7-32(24-34)23-33-8-6-10-35(25-33)27-37(43)14-12-31-17-21-41(22-18-31)39(45)29(3)4/h30-35H,1,3,5-27H2,2,4H3. The van der Waals surface area contributed by atoms with Gasteiger partial charge < -0.3 is 9.80 Å². The molecule has 0 bridgehead atoms. The van der Waals surface area contributed by atoms with Gasteiger partial charge in [-0.15, -0.1) is 0 Å². The fraction of sp³-hybridized carbons (Fsp3) is 0.795. The van der Waals surface area contributed by atoms with Crippen molar-refractivity contribution in [2.45, 2.75) is 136 Å². The van der Waals surface area contributed by atoms with Crippen molar-refractivity contribution < 1.29 is 19.2 Å². The number of Topliss-reactive ketones (excluding diaryl/α,β-unsaturated/α-hetero) is 2. The van der Waals surface area contributed by atoms with Crippen LogP contribution in [0.15, 0.2) is 24.3 Å². The summed E-state index contributed by atoms with van der Waals surface area (Å²) in [7, 11) is 0. The summed E-state index contributed by atoms with van der Waals surface area (Å²) in [6.45, 7) is 14.3. The first-order valence-electron chi connectivity index (χ1n) is 18.5. The Hall–Kier alpha value is -2.24. The summed E-state index contributed by atoms with van der Waals surface area (Å²) in [4.78, 5) is 54.1. The molecule has 4 fully saturated rings. The molecule has 45 heavy (non-hydrogen) atoms. The molecule has 2 amide bonds. The van der Waals surface area contributed by atoms with Crippen LogP contribution in [0.1, 0.15) is 136 Å². The number of carbonyl (C=O) groups excluding carboxylic acids is 4. The number of hydrogen-bond acceptors (Lipinski definition) is 4. The van der Waals surface area contributed by atoms with Crippen LogP contribution < -0.4 is 0 Å². The molecule has 0 spiro atoms. The lowest BCUT2D eigenvalue weighted by Crippen LogP contribution is -2.38. The minimum absolute atomic E-state index is 0.0755. The highest BCUT2D eigenvalue weighted by Gasteiger charge is 2.31. The third-order valence-electron chi connectivity index (χ3n) is 11.7. The Morgan fingerprint density at radius 2 is 0.889 bits per heavy atom. The van der Waals surface area contributed by atoms with Crippen molar-refractivity contribution in [2.75, 3.05) is 26.2 Å². The molecular weight excluding hydrogens is 560 g/mol. The van der Waals surface area contributed by atoms with Crippen LogP contribution in [-0.4, -0.2) is 59.4 Å². The second-order valence-corrected chi connectivity index (χ2v) is 15.6. The van der Waals surface area contributed by atoms with E-state index in [2.05, 4.69) is 13.2 Å². The van der Waals surface area contributed by atoms with Crippen molar-refractivity contribution in [3.63, 3.8) is 0 Å². The highest BCUT2D eigenvalue weighted by molar-refractivity contribution is 5.92. The number of rotatable bonds is 14. The number of hydrogen-bond donors (Lipinski definition) is 0. The number of ketones is 2. The Morgan fingerprint density at radius 3 is 1.24 bits per heavy atom. The van der Waals surface area contributed by atoms with Gasteiger partial charge in [-0.25, -0.2) is 0 Å². The summed E-state index contributed by atoms with van der Waals surface area (Å²) >= 11 is 0. The smallest absolute Gasteiger partial charge is 0.248 e. The molecule has 4 aliphatic rings. The zero-order valence-corrected chi connectivity index (χ0v) is 28.7. The maximum absolute atomic E-state index is 13.0. The molecule has 6 nitrogen and oxygen atoms in total. The van der Waals surface area contributed by atoms with Gasteiger partial charge in [-0.2, -0.15) is 0 Å². The molecular formula is C39H62N2O4. The van der Waals surface area contributed by atoms with Gasteiger partial charge in [0.25, 0.3) is 0 Å². The van der Waals surface area contributed by atoms with Crippen LogP contribution in [0.3, 0.4) is 0 Å². The molecule has 2 aliphatic carbocycles. The molecule has 6 heteroatoms. The Bertz CT molecular complexity index is 967. The van der Waals surface area contributed by atoms with Crippen LogP contribution in [-0.2, 0) is 19.2 Å². The van der Waals surface area contributed by atoms with E-state index in [0.29, 0.717) is 59.2 Å². The molecule has 2 saturated heterocycles. The lowest BCUT2D eigenvalue weighted by atomic mass is 9.71. The zero-order valence-electron chi connectivity index (χ0n) is 28.7. The van der Waals surface area contributed by atoms with E-state index in [0.717, 1.165) is 89.4 Å². The van der Waals surface area contributed by atoms with Crippen molar-refractivity contribution in [3.05, 3.63) is 24.3 Å². The normalized spacial score (nSPS) is 26.8. The number of likely N-dealkylation sites (tertiary alicyclic amines) is 2. The fourth-order valence-corrected chi connectivity index (χ4v) is 9.04. The third kappa shape index (κ3) is 11.5. The molecule has 0 N–H and O–H groups in total. The highest BCUT2D eigenvalue weighted by atomic mass is 16.2. The van der Waals surface area contributed by atoms with Gasteiger partial charge in [-0.05, 0) is 107 Å². The van der Waals surface area contributed by atoms with Crippen molar-refractivity contribution in [1.82, 2.24) is 9.80 Å². The van der Waals surface area contributed by atoms with E-state index in [1.54, 1.807) is 13.8 Å². The fourth-order valence-electron chi connectivity index (χ4n) is 9.04. The highest BCUT2D eigenvalue weighted by Crippen LogP contribution is 2.41. The summed E-state index contributed by atoms with van der Waals surface area (Å²) in [5, 5.41) is 0. The van der Waals surface area contributed by atoms with Gasteiger partial charge in [0.15, 0.2) is 0 Å². The van der Waals surface area contributed by atoms with Gasteiger partial charge in [-0.3, -0.25) is 19.2 Å². The van der Waals surface area contributed by atoms with E-state index in [4.69, 9.17) is 0 Å². The molecule has 0 radical (unpaired) electrons. The van der Waals surface area contributed by atoms with Crippen LogP contribution in [0.5, 0.6) is 0 Å². The Labute approximate surface area is 273 Å². The average Bonchev–Trinajstić information content (AvgIpc) is 3.03. The van der Waals surface area contributed by atoms with Gasteiger partial charge in [0, 0.05) is 63.0 Å². The first kappa shape index (κ1) is 35.6. The van der Waals surface area contributed by atoms with Crippen molar-refractivity contribution in [1.29, 1.82) is 0 Å². The Kier molecular flexibility index (Phi) is 13.9. The summed E-state index contributed by atoms with van der Waals surface area (Å²) in [6, 6.07) is 0. The van der Waals surface area contributed by atoms with Gasteiger partial charge >= 0.3 is 0 Å². The van der Waals surface area contributed by atoms with Crippen molar-refractivity contribution >= 4 is 23.4 Å². The van der Waals surface area contributed by atoms with E-state index in [1.807, 2.05) is 9.80 Å². The molecule has 4 unspecified atom stereocenters. The summed E-state index contributed by atoms with van der Waals surface area (Å²) in [5.41, 5.74) is 1.23. The van der Waals surface area contributed by atoms with Crippen LogP contribution in [0.2, 0.25) is 0 Å². The van der Waals surface area contributed by atoms with E-state index in [9.17, 15) is 19.2 Å². The van der Waals surface area contributed by atoms with Gasteiger partial charge in [0.05, 0.1) is 0 Å². The first-order valence-corrected chi connectivity index (χ1v) is 18.5.